The van der Waals surface area contributed by atoms with E-state index < -0.39 is 6.67 Å². The fraction of sp³-hybridized carbons (Fsp3) is 0.615. The van der Waals surface area contributed by atoms with Crippen molar-refractivity contribution in [3.05, 3.63) is 29.6 Å². The van der Waals surface area contributed by atoms with Crippen molar-refractivity contribution in [2.45, 2.75) is 52.1 Å². The van der Waals surface area contributed by atoms with Gasteiger partial charge in [0.25, 0.3) is 0 Å². The highest BCUT2D eigenvalue weighted by Gasteiger charge is 2.21. The average Bonchev–Trinajstić information content (AvgIpc) is 2.26. The van der Waals surface area contributed by atoms with E-state index in [1.165, 1.54) is 12.8 Å². The van der Waals surface area contributed by atoms with Gasteiger partial charge in [-0.25, -0.2) is 4.39 Å². The molecule has 1 aromatic heterocycles. The summed E-state index contributed by atoms with van der Waals surface area (Å²) >= 11 is 0. The predicted molar refractivity (Wildman–Crippen MR) is 61.6 cm³/mol. The van der Waals surface area contributed by atoms with Gasteiger partial charge >= 0.3 is 0 Å². The molecule has 0 aliphatic carbocycles. The van der Waals surface area contributed by atoms with Gasteiger partial charge in [-0.2, -0.15) is 0 Å². The van der Waals surface area contributed by atoms with Crippen LogP contribution in [0.2, 0.25) is 0 Å². The minimum Gasteiger partial charge on any atom is -0.255 e. The lowest BCUT2D eigenvalue weighted by Gasteiger charge is -2.24. The second kappa shape index (κ2) is 5.24. The number of hydrogen-bond donors (Lipinski definition) is 0. The molecule has 15 heavy (non-hydrogen) atoms. The molecule has 0 bridgehead atoms. The molecule has 2 heteroatoms. The van der Waals surface area contributed by atoms with E-state index in [2.05, 4.69) is 25.8 Å². The van der Waals surface area contributed by atoms with E-state index >= 15 is 0 Å². The second-order valence-corrected chi connectivity index (χ2v) is 4.64. The second-order valence-electron chi connectivity index (χ2n) is 4.64. The van der Waals surface area contributed by atoms with Crippen LogP contribution in [0.1, 0.15) is 51.4 Å². The summed E-state index contributed by atoms with van der Waals surface area (Å²) < 4.78 is 12.5. The molecule has 0 fully saturated rings. The van der Waals surface area contributed by atoms with Gasteiger partial charge in [0.1, 0.15) is 6.67 Å². The van der Waals surface area contributed by atoms with Gasteiger partial charge in [0.2, 0.25) is 0 Å². The number of halogens is 1. The minimum atomic E-state index is -0.475. The molecular formula is C13H20FN. The van der Waals surface area contributed by atoms with Gasteiger partial charge in [0, 0.05) is 11.1 Å². The van der Waals surface area contributed by atoms with Crippen LogP contribution < -0.4 is 0 Å². The Kier molecular flexibility index (Phi) is 4.25. The van der Waals surface area contributed by atoms with Crippen molar-refractivity contribution in [3.8, 4) is 0 Å². The predicted octanol–water partition coefficient (Wildman–Crippen LogP) is 4.02. The standard InChI is InChI=1S/C13H20FN/c1-4-5-9-13(2,3)12-8-6-7-11(10-14)15-12/h6-8H,4-5,9-10H2,1-3H3. The molecule has 0 atom stereocenters. The van der Waals surface area contributed by atoms with Gasteiger partial charge in [-0.05, 0) is 18.6 Å². The van der Waals surface area contributed by atoms with E-state index in [9.17, 15) is 4.39 Å². The highest BCUT2D eigenvalue weighted by atomic mass is 19.1. The summed E-state index contributed by atoms with van der Waals surface area (Å²) in [5.41, 5.74) is 1.60. The Morgan fingerprint density at radius 2 is 2.07 bits per heavy atom. The quantitative estimate of drug-likeness (QED) is 0.713. The van der Waals surface area contributed by atoms with Crippen molar-refractivity contribution < 1.29 is 4.39 Å². The fourth-order valence-corrected chi connectivity index (χ4v) is 1.68. The first kappa shape index (κ1) is 12.2. The van der Waals surface area contributed by atoms with Crippen molar-refractivity contribution in [1.82, 2.24) is 4.98 Å². The molecule has 0 N–H and O–H groups in total. The van der Waals surface area contributed by atoms with Crippen molar-refractivity contribution >= 4 is 0 Å². The molecule has 0 unspecified atom stereocenters. The van der Waals surface area contributed by atoms with Gasteiger partial charge < -0.3 is 0 Å². The SMILES string of the molecule is CCCCC(C)(C)c1cccc(CF)n1. The Labute approximate surface area is 91.7 Å². The van der Waals surface area contributed by atoms with Crippen LogP contribution in [0.4, 0.5) is 4.39 Å². The number of pyridine rings is 1. The first-order valence-electron chi connectivity index (χ1n) is 5.62. The molecule has 0 amide bonds. The van der Waals surface area contributed by atoms with Crippen LogP contribution in [-0.2, 0) is 12.1 Å². The van der Waals surface area contributed by atoms with Crippen LogP contribution in [0.5, 0.6) is 0 Å². The van der Waals surface area contributed by atoms with Gasteiger partial charge in [-0.15, -0.1) is 0 Å². The third kappa shape index (κ3) is 3.29. The monoisotopic (exact) mass is 209 g/mol. The Hall–Kier alpha value is -0.920. The number of nitrogens with zero attached hydrogens (tertiary/aromatic N) is 1. The van der Waals surface area contributed by atoms with Crippen molar-refractivity contribution in [2.24, 2.45) is 0 Å². The van der Waals surface area contributed by atoms with E-state index in [0.29, 0.717) is 5.69 Å². The van der Waals surface area contributed by atoms with Gasteiger partial charge in [-0.3, -0.25) is 4.98 Å². The number of rotatable bonds is 5. The van der Waals surface area contributed by atoms with Crippen molar-refractivity contribution in [1.29, 1.82) is 0 Å². The van der Waals surface area contributed by atoms with Gasteiger partial charge in [0.15, 0.2) is 0 Å². The van der Waals surface area contributed by atoms with E-state index in [4.69, 9.17) is 0 Å². The first-order chi connectivity index (χ1) is 7.10. The smallest absolute Gasteiger partial charge is 0.131 e. The lowest BCUT2D eigenvalue weighted by molar-refractivity contribution is 0.434. The molecule has 1 nitrogen and oxygen atoms in total. The van der Waals surface area contributed by atoms with Gasteiger partial charge in [-0.1, -0.05) is 39.7 Å². The molecule has 84 valence electrons. The minimum absolute atomic E-state index is 0.0567. The number of hydrogen-bond acceptors (Lipinski definition) is 1. The molecule has 1 aromatic rings. The molecule has 0 spiro atoms. The average molecular weight is 209 g/mol. The van der Waals surface area contributed by atoms with Crippen LogP contribution in [0.3, 0.4) is 0 Å². The highest BCUT2D eigenvalue weighted by molar-refractivity contribution is 5.18. The Morgan fingerprint density at radius 1 is 1.33 bits per heavy atom. The molecular weight excluding hydrogens is 189 g/mol. The first-order valence-corrected chi connectivity index (χ1v) is 5.62. The van der Waals surface area contributed by atoms with E-state index in [1.54, 1.807) is 6.07 Å². The van der Waals surface area contributed by atoms with Crippen LogP contribution >= 0.6 is 0 Å². The zero-order valence-corrected chi connectivity index (χ0v) is 9.89. The number of unbranched alkanes of at least 4 members (excludes halogenated alkanes) is 1. The van der Waals surface area contributed by atoms with Gasteiger partial charge in [0.05, 0.1) is 5.69 Å². The lowest BCUT2D eigenvalue weighted by atomic mass is 9.83. The van der Waals surface area contributed by atoms with E-state index in [-0.39, 0.29) is 5.41 Å². The maximum Gasteiger partial charge on any atom is 0.131 e. The van der Waals surface area contributed by atoms with Crippen LogP contribution in [-0.4, -0.2) is 4.98 Å². The Bertz CT molecular complexity index is 307. The van der Waals surface area contributed by atoms with Crippen molar-refractivity contribution in [3.63, 3.8) is 0 Å². The number of aromatic nitrogens is 1. The van der Waals surface area contributed by atoms with Crippen LogP contribution in [0.25, 0.3) is 0 Å². The summed E-state index contributed by atoms with van der Waals surface area (Å²) in [7, 11) is 0. The number of alkyl halides is 1. The summed E-state index contributed by atoms with van der Waals surface area (Å²) in [4.78, 5) is 4.34. The molecule has 0 aliphatic heterocycles. The zero-order chi connectivity index (χ0) is 11.3. The molecule has 0 radical (unpaired) electrons. The third-order valence-electron chi connectivity index (χ3n) is 2.79. The summed E-state index contributed by atoms with van der Waals surface area (Å²) in [6.45, 7) is 6.05. The summed E-state index contributed by atoms with van der Waals surface area (Å²) in [5.74, 6) is 0. The maximum atomic E-state index is 12.5. The third-order valence-corrected chi connectivity index (χ3v) is 2.79. The van der Waals surface area contributed by atoms with E-state index in [1.807, 2.05) is 12.1 Å². The lowest BCUT2D eigenvalue weighted by Crippen LogP contribution is -2.19. The molecule has 0 saturated heterocycles. The summed E-state index contributed by atoms with van der Waals surface area (Å²) in [6, 6.07) is 5.62. The van der Waals surface area contributed by atoms with Crippen LogP contribution in [0, 0.1) is 0 Å². The molecule has 1 rings (SSSR count). The molecule has 0 saturated carbocycles. The van der Waals surface area contributed by atoms with Crippen LogP contribution in [0.15, 0.2) is 18.2 Å². The Balaban J connectivity index is 2.83. The van der Waals surface area contributed by atoms with Crippen molar-refractivity contribution in [2.75, 3.05) is 0 Å². The fourth-order valence-electron chi connectivity index (χ4n) is 1.68. The largest absolute Gasteiger partial charge is 0.255 e. The maximum absolute atomic E-state index is 12.5. The highest BCUT2D eigenvalue weighted by Crippen LogP contribution is 2.27. The van der Waals surface area contributed by atoms with E-state index in [0.717, 1.165) is 12.1 Å². The molecule has 1 heterocycles. The topological polar surface area (TPSA) is 12.9 Å². The summed E-state index contributed by atoms with van der Waals surface area (Å²) in [6.07, 6.45) is 3.48. The zero-order valence-electron chi connectivity index (χ0n) is 9.89. The molecule has 0 aliphatic rings. The normalized spacial score (nSPS) is 11.7. The summed E-state index contributed by atoms with van der Waals surface area (Å²) in [5, 5.41) is 0. The molecule has 0 aromatic carbocycles. The Morgan fingerprint density at radius 3 is 2.67 bits per heavy atom.